The summed E-state index contributed by atoms with van der Waals surface area (Å²) in [5, 5.41) is 0. The number of imidazole rings is 1. The molecule has 0 radical (unpaired) electrons. The van der Waals surface area contributed by atoms with Gasteiger partial charge in [-0.1, -0.05) is 0 Å². The van der Waals surface area contributed by atoms with Crippen molar-refractivity contribution in [3.05, 3.63) is 22.4 Å². The van der Waals surface area contributed by atoms with Crippen LogP contribution in [-0.2, 0) is 0 Å². The predicted molar refractivity (Wildman–Crippen MR) is 46.7 cm³/mol. The van der Waals surface area contributed by atoms with Crippen molar-refractivity contribution >= 4 is 18.3 Å². The minimum absolute atomic E-state index is 0. The van der Waals surface area contributed by atoms with Gasteiger partial charge >= 0.3 is 5.69 Å². The van der Waals surface area contributed by atoms with Gasteiger partial charge in [-0.15, -0.1) is 12.4 Å². The summed E-state index contributed by atoms with van der Waals surface area (Å²) in [6.45, 7) is 1.54. The van der Waals surface area contributed by atoms with E-state index in [4.69, 9.17) is 5.73 Å². The molecule has 0 saturated heterocycles. The number of rotatable bonds is 1. The average Bonchev–Trinajstić information content (AvgIpc) is 2.28. The molecule has 1 aromatic rings. The van der Waals surface area contributed by atoms with Crippen LogP contribution in [-0.4, -0.2) is 22.0 Å². The molecular formula is C6H10ClN3O2. The third-order valence-electron chi connectivity index (χ3n) is 1.29. The van der Waals surface area contributed by atoms with Crippen molar-refractivity contribution < 1.29 is 4.79 Å². The van der Waals surface area contributed by atoms with Crippen molar-refractivity contribution in [2.45, 2.75) is 6.92 Å². The summed E-state index contributed by atoms with van der Waals surface area (Å²) >= 11 is 0. The van der Waals surface area contributed by atoms with E-state index in [9.17, 15) is 9.59 Å². The monoisotopic (exact) mass is 191 g/mol. The van der Waals surface area contributed by atoms with Gasteiger partial charge in [0, 0.05) is 11.9 Å². The van der Waals surface area contributed by atoms with Gasteiger partial charge in [0.2, 0.25) is 5.91 Å². The zero-order valence-electron chi connectivity index (χ0n) is 6.53. The van der Waals surface area contributed by atoms with E-state index in [0.29, 0.717) is 5.69 Å². The Kier molecular flexibility index (Phi) is 3.72. The van der Waals surface area contributed by atoms with Crippen LogP contribution in [0.4, 0.5) is 0 Å². The van der Waals surface area contributed by atoms with Crippen LogP contribution < -0.4 is 11.4 Å². The SMILES string of the molecule is Cc1cn(C(=O)CN)c(=O)[nH]1.Cl. The maximum Gasteiger partial charge on any atom is 0.332 e. The van der Waals surface area contributed by atoms with Gasteiger partial charge in [0.25, 0.3) is 0 Å². The number of hydrogen-bond acceptors (Lipinski definition) is 3. The molecular weight excluding hydrogens is 182 g/mol. The lowest BCUT2D eigenvalue weighted by Crippen LogP contribution is -2.29. The summed E-state index contributed by atoms with van der Waals surface area (Å²) in [6, 6.07) is 0. The van der Waals surface area contributed by atoms with E-state index in [1.807, 2.05) is 0 Å². The molecule has 1 aromatic heterocycles. The highest BCUT2D eigenvalue weighted by Crippen LogP contribution is 1.86. The van der Waals surface area contributed by atoms with Crippen LogP contribution in [0.5, 0.6) is 0 Å². The molecule has 0 amide bonds. The lowest BCUT2D eigenvalue weighted by atomic mass is 10.5. The molecule has 12 heavy (non-hydrogen) atoms. The standard InChI is InChI=1S/C6H9N3O2.ClH/c1-4-3-9(5(10)2-7)6(11)8-4;/h3H,2,7H2,1H3,(H,8,11);1H. The second-order valence-corrected chi connectivity index (χ2v) is 2.21. The van der Waals surface area contributed by atoms with Gasteiger partial charge in [0.1, 0.15) is 0 Å². The summed E-state index contributed by atoms with van der Waals surface area (Å²) in [5.41, 5.74) is 5.28. The Labute approximate surface area is 75.0 Å². The number of hydrogen-bond donors (Lipinski definition) is 2. The van der Waals surface area contributed by atoms with Gasteiger partial charge in [0.05, 0.1) is 6.54 Å². The first-order valence-electron chi connectivity index (χ1n) is 3.16. The molecule has 0 atom stereocenters. The van der Waals surface area contributed by atoms with Crippen LogP contribution in [0.1, 0.15) is 10.5 Å². The van der Waals surface area contributed by atoms with Crippen molar-refractivity contribution in [2.75, 3.05) is 6.54 Å². The topological polar surface area (TPSA) is 80.9 Å². The van der Waals surface area contributed by atoms with Crippen molar-refractivity contribution in [3.63, 3.8) is 0 Å². The molecule has 1 rings (SSSR count). The number of aromatic nitrogens is 2. The second-order valence-electron chi connectivity index (χ2n) is 2.21. The van der Waals surface area contributed by atoms with Crippen LogP contribution >= 0.6 is 12.4 Å². The first kappa shape index (κ1) is 10.9. The number of aromatic amines is 1. The molecule has 0 unspecified atom stereocenters. The number of carbonyl (C=O) groups excluding carboxylic acids is 1. The normalized spacial score (nSPS) is 9.17. The van der Waals surface area contributed by atoms with E-state index in [0.717, 1.165) is 4.57 Å². The first-order chi connectivity index (χ1) is 5.15. The van der Waals surface area contributed by atoms with E-state index >= 15 is 0 Å². The van der Waals surface area contributed by atoms with E-state index in [-0.39, 0.29) is 19.0 Å². The highest BCUT2D eigenvalue weighted by Gasteiger charge is 2.05. The van der Waals surface area contributed by atoms with Crippen molar-refractivity contribution in [3.8, 4) is 0 Å². The quantitative estimate of drug-likeness (QED) is 0.628. The molecule has 0 fully saturated rings. The fourth-order valence-corrected chi connectivity index (χ4v) is 0.797. The van der Waals surface area contributed by atoms with Gasteiger partial charge < -0.3 is 10.7 Å². The van der Waals surface area contributed by atoms with E-state index in [1.165, 1.54) is 6.20 Å². The number of halogens is 1. The fraction of sp³-hybridized carbons (Fsp3) is 0.333. The molecule has 0 saturated carbocycles. The molecule has 0 bridgehead atoms. The number of carbonyl (C=O) groups is 1. The number of H-pyrrole nitrogens is 1. The summed E-state index contributed by atoms with van der Waals surface area (Å²) in [4.78, 5) is 24.2. The molecule has 0 aromatic carbocycles. The highest BCUT2D eigenvalue weighted by molar-refractivity contribution is 5.85. The number of nitrogens with zero attached hydrogens (tertiary/aromatic N) is 1. The molecule has 0 aliphatic rings. The van der Waals surface area contributed by atoms with Gasteiger partial charge in [-0.05, 0) is 6.92 Å². The van der Waals surface area contributed by atoms with Crippen LogP contribution in [0.15, 0.2) is 11.0 Å². The van der Waals surface area contributed by atoms with Crippen LogP contribution in [0.3, 0.4) is 0 Å². The largest absolute Gasteiger partial charge is 0.332 e. The maximum atomic E-state index is 10.9. The highest BCUT2D eigenvalue weighted by atomic mass is 35.5. The zero-order valence-corrected chi connectivity index (χ0v) is 7.35. The van der Waals surface area contributed by atoms with E-state index < -0.39 is 11.6 Å². The molecule has 6 heteroatoms. The molecule has 0 aliphatic carbocycles. The summed E-state index contributed by atoms with van der Waals surface area (Å²) < 4.78 is 0.968. The molecule has 68 valence electrons. The summed E-state index contributed by atoms with van der Waals surface area (Å²) in [5.74, 6) is -0.403. The van der Waals surface area contributed by atoms with Crippen LogP contribution in [0.2, 0.25) is 0 Å². The molecule has 5 nitrogen and oxygen atoms in total. The smallest absolute Gasteiger partial charge is 0.322 e. The third kappa shape index (κ3) is 1.96. The minimum Gasteiger partial charge on any atom is -0.322 e. The van der Waals surface area contributed by atoms with Crippen molar-refractivity contribution in [1.82, 2.24) is 9.55 Å². The first-order valence-corrected chi connectivity index (χ1v) is 3.16. The van der Waals surface area contributed by atoms with Gasteiger partial charge in [-0.2, -0.15) is 0 Å². The van der Waals surface area contributed by atoms with Crippen molar-refractivity contribution in [1.29, 1.82) is 0 Å². The van der Waals surface area contributed by atoms with Gasteiger partial charge in [-0.25, -0.2) is 9.36 Å². The second kappa shape index (κ2) is 4.08. The van der Waals surface area contributed by atoms with Crippen LogP contribution in [0.25, 0.3) is 0 Å². The molecule has 1 heterocycles. The lowest BCUT2D eigenvalue weighted by Gasteiger charge is -1.92. The Morgan fingerprint density at radius 3 is 2.67 bits per heavy atom. The van der Waals surface area contributed by atoms with Crippen molar-refractivity contribution in [2.24, 2.45) is 5.73 Å². The Morgan fingerprint density at radius 1 is 1.75 bits per heavy atom. The molecule has 0 aliphatic heterocycles. The molecule has 3 N–H and O–H groups in total. The van der Waals surface area contributed by atoms with Gasteiger partial charge in [0.15, 0.2) is 0 Å². The Balaban J connectivity index is 0.00000121. The third-order valence-corrected chi connectivity index (χ3v) is 1.29. The summed E-state index contributed by atoms with van der Waals surface area (Å²) in [7, 11) is 0. The van der Waals surface area contributed by atoms with Gasteiger partial charge in [-0.3, -0.25) is 4.79 Å². The van der Waals surface area contributed by atoms with Crippen LogP contribution in [0, 0.1) is 6.92 Å². The zero-order chi connectivity index (χ0) is 8.43. The number of nitrogens with one attached hydrogen (secondary N) is 1. The predicted octanol–water partition coefficient (Wildman–Crippen LogP) is -0.494. The average molecular weight is 192 g/mol. The van der Waals surface area contributed by atoms with E-state index in [2.05, 4.69) is 4.98 Å². The van der Waals surface area contributed by atoms with E-state index in [1.54, 1.807) is 6.92 Å². The number of aryl methyl sites for hydroxylation is 1. The Hall–Kier alpha value is -1.07. The Morgan fingerprint density at radius 2 is 2.33 bits per heavy atom. The minimum atomic E-state index is -0.432. The lowest BCUT2D eigenvalue weighted by molar-refractivity contribution is 0.0919. The maximum absolute atomic E-state index is 10.9. The number of nitrogens with two attached hydrogens (primary N) is 1. The Bertz CT molecular complexity index is 328. The molecule has 0 spiro atoms. The fourth-order valence-electron chi connectivity index (χ4n) is 0.797. The summed E-state index contributed by atoms with van der Waals surface area (Å²) in [6.07, 6.45) is 1.43.